The highest BCUT2D eigenvalue weighted by Crippen LogP contribution is 2.16. The topological polar surface area (TPSA) is 41.1 Å². The second kappa shape index (κ2) is 5.14. The maximum atomic E-state index is 4.40. The summed E-state index contributed by atoms with van der Waals surface area (Å²) >= 11 is 1.80. The van der Waals surface area contributed by atoms with Gasteiger partial charge in [0.2, 0.25) is 5.95 Å². The molecule has 0 fully saturated rings. The second-order valence-electron chi connectivity index (χ2n) is 4.00. The Labute approximate surface area is 105 Å². The lowest BCUT2D eigenvalue weighted by molar-refractivity contribution is 0.990. The monoisotopic (exact) mass is 248 g/mol. The smallest absolute Gasteiger partial charge is 0.226 e. The second-order valence-corrected chi connectivity index (χ2v) is 5.37. The van der Waals surface area contributed by atoms with Crippen molar-refractivity contribution in [2.45, 2.75) is 13.5 Å². The van der Waals surface area contributed by atoms with E-state index in [2.05, 4.69) is 34.3 Å². The van der Waals surface area contributed by atoms with Crippen LogP contribution in [0.25, 0.3) is 0 Å². The molecule has 2 heterocycles. The Morgan fingerprint density at radius 1 is 1.29 bits per heavy atom. The first-order chi connectivity index (χ1) is 8.15. The fourth-order valence-corrected chi connectivity index (χ4v) is 2.25. The van der Waals surface area contributed by atoms with Crippen molar-refractivity contribution in [2.24, 2.45) is 0 Å². The van der Waals surface area contributed by atoms with Gasteiger partial charge in [-0.05, 0) is 25.1 Å². The Morgan fingerprint density at radius 3 is 2.76 bits per heavy atom. The number of rotatable bonds is 4. The van der Waals surface area contributed by atoms with Crippen molar-refractivity contribution < 1.29 is 0 Å². The first-order valence-corrected chi connectivity index (χ1v) is 6.26. The van der Waals surface area contributed by atoms with E-state index in [9.17, 15) is 0 Å². The summed E-state index contributed by atoms with van der Waals surface area (Å²) in [6.07, 6.45) is 1.77. The van der Waals surface area contributed by atoms with Crippen LogP contribution in [0.4, 0.5) is 11.8 Å². The zero-order valence-electron chi connectivity index (χ0n) is 10.3. The van der Waals surface area contributed by atoms with Crippen molar-refractivity contribution in [1.82, 2.24) is 9.97 Å². The third kappa shape index (κ3) is 3.17. The number of nitrogens with zero attached hydrogens (tertiary/aromatic N) is 3. The lowest BCUT2D eigenvalue weighted by atomic mass is 10.4. The largest absolute Gasteiger partial charge is 0.365 e. The Bertz CT molecular complexity index is 493. The predicted molar refractivity (Wildman–Crippen MR) is 72.7 cm³/mol. The van der Waals surface area contributed by atoms with Crippen molar-refractivity contribution >= 4 is 23.1 Å². The van der Waals surface area contributed by atoms with Crippen molar-refractivity contribution in [3.63, 3.8) is 0 Å². The van der Waals surface area contributed by atoms with Gasteiger partial charge in [0.05, 0.1) is 6.54 Å². The van der Waals surface area contributed by atoms with E-state index in [1.807, 2.05) is 25.1 Å². The van der Waals surface area contributed by atoms with Gasteiger partial charge in [-0.15, -0.1) is 11.3 Å². The summed E-state index contributed by atoms with van der Waals surface area (Å²) in [4.78, 5) is 13.1. The summed E-state index contributed by atoms with van der Waals surface area (Å²) in [7, 11) is 3.86. The van der Waals surface area contributed by atoms with Crippen LogP contribution in [0.3, 0.4) is 0 Å². The van der Waals surface area contributed by atoms with E-state index in [0.717, 1.165) is 18.3 Å². The molecule has 0 amide bonds. The van der Waals surface area contributed by atoms with Gasteiger partial charge in [0, 0.05) is 30.0 Å². The number of thiophene rings is 1. The normalized spacial score (nSPS) is 10.3. The van der Waals surface area contributed by atoms with Crippen LogP contribution in [0.5, 0.6) is 0 Å². The predicted octanol–water partition coefficient (Wildman–Crippen LogP) is 2.52. The molecule has 17 heavy (non-hydrogen) atoms. The molecule has 0 radical (unpaired) electrons. The van der Waals surface area contributed by atoms with E-state index in [1.54, 1.807) is 17.5 Å². The molecule has 2 aromatic rings. The fraction of sp³-hybridized carbons (Fsp3) is 0.333. The number of aromatic nitrogens is 2. The third-order valence-corrected chi connectivity index (χ3v) is 3.28. The van der Waals surface area contributed by atoms with E-state index in [1.165, 1.54) is 9.75 Å². The Kier molecular flexibility index (Phi) is 3.58. The van der Waals surface area contributed by atoms with Gasteiger partial charge in [0.1, 0.15) is 5.82 Å². The molecule has 2 aromatic heterocycles. The van der Waals surface area contributed by atoms with Crippen molar-refractivity contribution in [3.8, 4) is 0 Å². The highest BCUT2D eigenvalue weighted by Gasteiger charge is 2.01. The van der Waals surface area contributed by atoms with Gasteiger partial charge in [0.15, 0.2) is 0 Å². The summed E-state index contributed by atoms with van der Waals surface area (Å²) < 4.78 is 0. The molecule has 0 aliphatic rings. The van der Waals surface area contributed by atoms with Crippen LogP contribution in [-0.4, -0.2) is 24.1 Å². The minimum atomic E-state index is 0.720. The number of hydrogen-bond donors (Lipinski definition) is 1. The molecular formula is C12H16N4S. The van der Waals surface area contributed by atoms with Crippen molar-refractivity contribution in [2.75, 3.05) is 24.3 Å². The number of anilines is 2. The average molecular weight is 248 g/mol. The molecule has 4 nitrogen and oxygen atoms in total. The van der Waals surface area contributed by atoms with Crippen LogP contribution >= 0.6 is 11.3 Å². The van der Waals surface area contributed by atoms with Gasteiger partial charge in [-0.25, -0.2) is 4.98 Å². The lowest BCUT2D eigenvalue weighted by Crippen LogP contribution is -2.13. The van der Waals surface area contributed by atoms with Crippen LogP contribution in [0.1, 0.15) is 9.75 Å². The average Bonchev–Trinajstić information content (AvgIpc) is 2.73. The van der Waals surface area contributed by atoms with E-state index < -0.39 is 0 Å². The van der Waals surface area contributed by atoms with E-state index >= 15 is 0 Å². The maximum absolute atomic E-state index is 4.40. The van der Waals surface area contributed by atoms with Gasteiger partial charge >= 0.3 is 0 Å². The third-order valence-electron chi connectivity index (χ3n) is 2.28. The first kappa shape index (κ1) is 11.9. The lowest BCUT2D eigenvalue weighted by Gasteiger charge is -2.11. The molecule has 1 N–H and O–H groups in total. The molecule has 0 aliphatic carbocycles. The molecule has 2 rings (SSSR count). The van der Waals surface area contributed by atoms with Gasteiger partial charge < -0.3 is 10.2 Å². The zero-order chi connectivity index (χ0) is 12.3. The van der Waals surface area contributed by atoms with Gasteiger partial charge in [-0.3, -0.25) is 0 Å². The van der Waals surface area contributed by atoms with Gasteiger partial charge in [0.25, 0.3) is 0 Å². The first-order valence-electron chi connectivity index (χ1n) is 5.45. The summed E-state index contributed by atoms with van der Waals surface area (Å²) in [5, 5.41) is 3.30. The molecule has 5 heteroatoms. The molecule has 0 unspecified atom stereocenters. The molecular weight excluding hydrogens is 232 g/mol. The van der Waals surface area contributed by atoms with E-state index in [4.69, 9.17) is 0 Å². The summed E-state index contributed by atoms with van der Waals surface area (Å²) in [5.41, 5.74) is 0. The highest BCUT2D eigenvalue weighted by atomic mass is 32.1. The summed E-state index contributed by atoms with van der Waals surface area (Å²) in [5.74, 6) is 1.58. The van der Waals surface area contributed by atoms with Crippen LogP contribution in [0.15, 0.2) is 24.4 Å². The Balaban J connectivity index is 2.01. The molecule has 0 atom stereocenters. The maximum Gasteiger partial charge on any atom is 0.226 e. The molecule has 0 aromatic carbocycles. The van der Waals surface area contributed by atoms with Crippen molar-refractivity contribution in [3.05, 3.63) is 34.2 Å². The molecule has 0 aliphatic heterocycles. The Hall–Kier alpha value is -1.62. The summed E-state index contributed by atoms with van der Waals surface area (Å²) in [6, 6.07) is 6.15. The molecule has 0 bridgehead atoms. The molecule has 0 spiro atoms. The van der Waals surface area contributed by atoms with Crippen LogP contribution in [0, 0.1) is 6.92 Å². The van der Waals surface area contributed by atoms with Crippen LogP contribution in [0.2, 0.25) is 0 Å². The van der Waals surface area contributed by atoms with Crippen molar-refractivity contribution in [1.29, 1.82) is 0 Å². The molecule has 0 saturated heterocycles. The van der Waals surface area contributed by atoms with Crippen LogP contribution in [-0.2, 0) is 6.54 Å². The number of hydrogen-bond acceptors (Lipinski definition) is 5. The quantitative estimate of drug-likeness (QED) is 0.902. The SMILES string of the molecule is Cc1ccc(CNc2ccnc(N(C)C)n2)s1. The van der Waals surface area contributed by atoms with E-state index in [-0.39, 0.29) is 0 Å². The number of aryl methyl sites for hydroxylation is 1. The number of nitrogens with one attached hydrogen (secondary N) is 1. The molecule has 0 saturated carbocycles. The van der Waals surface area contributed by atoms with Gasteiger partial charge in [-0.2, -0.15) is 4.98 Å². The summed E-state index contributed by atoms with van der Waals surface area (Å²) in [6.45, 7) is 2.92. The zero-order valence-corrected chi connectivity index (χ0v) is 11.1. The standard InChI is InChI=1S/C12H16N4S/c1-9-4-5-10(17-9)8-14-11-6-7-13-12(15-11)16(2)3/h4-7H,8H2,1-3H3,(H,13,14,15). The minimum Gasteiger partial charge on any atom is -0.365 e. The Morgan fingerprint density at radius 2 is 2.12 bits per heavy atom. The van der Waals surface area contributed by atoms with Crippen LogP contribution < -0.4 is 10.2 Å². The van der Waals surface area contributed by atoms with E-state index in [0.29, 0.717) is 0 Å². The molecule has 90 valence electrons. The fourth-order valence-electron chi connectivity index (χ4n) is 1.42. The van der Waals surface area contributed by atoms with Gasteiger partial charge in [-0.1, -0.05) is 0 Å². The minimum absolute atomic E-state index is 0.720. The highest BCUT2D eigenvalue weighted by molar-refractivity contribution is 7.11.